The highest BCUT2D eigenvalue weighted by Crippen LogP contribution is 2.27. The Bertz CT molecular complexity index is 1110. The Morgan fingerprint density at radius 3 is 2.17 bits per heavy atom. The third-order valence-electron chi connectivity index (χ3n) is 5.28. The van der Waals surface area contributed by atoms with Crippen molar-refractivity contribution in [3.05, 3.63) is 75.6 Å². The molecule has 0 aromatic heterocycles. The average Bonchev–Trinajstić information content (AvgIpc) is 2.82. The number of nitro benzene ring substituents is 1. The van der Waals surface area contributed by atoms with Crippen LogP contribution in [0.25, 0.3) is 0 Å². The van der Waals surface area contributed by atoms with E-state index in [2.05, 4.69) is 10.6 Å². The smallest absolute Gasteiger partial charge is 0.306 e. The van der Waals surface area contributed by atoms with Crippen LogP contribution in [-0.4, -0.2) is 47.3 Å². The highest BCUT2D eigenvalue weighted by molar-refractivity contribution is 5.92. The lowest BCUT2D eigenvalue weighted by Crippen LogP contribution is -2.55. The topological polar surface area (TPSA) is 171 Å². The van der Waals surface area contributed by atoms with E-state index in [0.29, 0.717) is 11.1 Å². The van der Waals surface area contributed by atoms with Crippen molar-refractivity contribution in [1.82, 2.24) is 10.6 Å². The van der Waals surface area contributed by atoms with Crippen molar-refractivity contribution in [2.75, 3.05) is 6.61 Å². The van der Waals surface area contributed by atoms with Gasteiger partial charge >= 0.3 is 5.97 Å². The predicted octanol–water partition coefficient (Wildman–Crippen LogP) is 1.49. The lowest BCUT2D eigenvalue weighted by molar-refractivity contribution is -0.384. The van der Waals surface area contributed by atoms with Crippen molar-refractivity contribution in [1.29, 1.82) is 0 Å². The molecule has 0 spiro atoms. The van der Waals surface area contributed by atoms with Crippen molar-refractivity contribution in [2.45, 2.75) is 44.7 Å². The largest absolute Gasteiger partial charge is 0.466 e. The van der Waals surface area contributed by atoms with Gasteiger partial charge in [-0.05, 0) is 30.2 Å². The molecule has 192 valence electrons. The summed E-state index contributed by atoms with van der Waals surface area (Å²) in [6.07, 6.45) is -0.375. The number of carbonyl (C=O) groups excluding carboxylic acids is 4. The number of esters is 1. The molecule has 36 heavy (non-hydrogen) atoms. The first-order valence-electron chi connectivity index (χ1n) is 11.0. The molecule has 2 aromatic rings. The van der Waals surface area contributed by atoms with E-state index in [4.69, 9.17) is 10.5 Å². The number of carbonyl (C=O) groups is 4. The second-order valence-electron chi connectivity index (χ2n) is 7.94. The average molecular weight is 502 g/mol. The number of hydrogen-bond acceptors (Lipinski definition) is 7. The summed E-state index contributed by atoms with van der Waals surface area (Å²) in [7, 11) is 0. The number of nitrogens with two attached hydrogens (primary N) is 1. The SMILES string of the molecule is CCOC(=O)C[C@H](c1ccc([N+](=O)[O-])cc1)[C@@H](NC(=O)[C@H](Cc1ccc(F)cc1)NC(C)=O)C(N)=O. The molecule has 0 saturated carbocycles. The van der Waals surface area contributed by atoms with Crippen molar-refractivity contribution < 1.29 is 33.2 Å². The van der Waals surface area contributed by atoms with Gasteiger partial charge in [0.2, 0.25) is 17.7 Å². The summed E-state index contributed by atoms with van der Waals surface area (Å²) in [6.45, 7) is 2.87. The number of nitrogens with one attached hydrogen (secondary N) is 2. The summed E-state index contributed by atoms with van der Waals surface area (Å²) in [5.41, 5.74) is 6.24. The fourth-order valence-corrected chi connectivity index (χ4v) is 3.61. The highest BCUT2D eigenvalue weighted by atomic mass is 19.1. The minimum atomic E-state index is -1.42. The number of primary amides is 1. The number of hydrogen-bond donors (Lipinski definition) is 3. The van der Waals surface area contributed by atoms with Gasteiger partial charge in [-0.15, -0.1) is 0 Å². The standard InChI is InChI=1S/C24H27FN4O7/c1-3-36-21(31)13-19(16-6-10-18(11-7-16)29(34)35)22(23(26)32)28-24(33)20(27-14(2)30)12-15-4-8-17(25)9-5-15/h4-11,19-20,22H,3,12-13H2,1-2H3,(H2,26,32)(H,27,30)(H,28,33)/t19-,20+,22-/m1/s1. The summed E-state index contributed by atoms with van der Waals surface area (Å²) >= 11 is 0. The first-order chi connectivity index (χ1) is 17.0. The molecule has 12 heteroatoms. The molecule has 0 radical (unpaired) electrons. The summed E-state index contributed by atoms with van der Waals surface area (Å²) in [6, 6.07) is 7.84. The summed E-state index contributed by atoms with van der Waals surface area (Å²) in [5.74, 6) is -4.43. The molecular weight excluding hydrogens is 475 g/mol. The van der Waals surface area contributed by atoms with Crippen LogP contribution in [0, 0.1) is 15.9 Å². The quantitative estimate of drug-likeness (QED) is 0.224. The third kappa shape index (κ3) is 8.15. The molecule has 0 unspecified atom stereocenters. The van der Waals surface area contributed by atoms with Gasteiger partial charge in [0.25, 0.3) is 5.69 Å². The zero-order chi connectivity index (χ0) is 26.8. The lowest BCUT2D eigenvalue weighted by Gasteiger charge is -2.27. The molecule has 3 atom stereocenters. The maximum Gasteiger partial charge on any atom is 0.306 e. The van der Waals surface area contributed by atoms with Gasteiger partial charge in [-0.1, -0.05) is 24.3 Å². The van der Waals surface area contributed by atoms with Gasteiger partial charge in [0.1, 0.15) is 17.9 Å². The zero-order valence-electron chi connectivity index (χ0n) is 19.7. The van der Waals surface area contributed by atoms with E-state index in [1.807, 2.05) is 0 Å². The van der Waals surface area contributed by atoms with Crippen LogP contribution in [0.2, 0.25) is 0 Å². The Balaban J connectivity index is 2.37. The number of amides is 3. The Kier molecular flexibility index (Phi) is 10.0. The first kappa shape index (κ1) is 27.9. The Morgan fingerprint density at radius 2 is 1.67 bits per heavy atom. The van der Waals surface area contributed by atoms with Crippen molar-refractivity contribution in [3.63, 3.8) is 0 Å². The predicted molar refractivity (Wildman–Crippen MR) is 126 cm³/mol. The number of ether oxygens (including phenoxy) is 1. The maximum atomic E-state index is 13.3. The van der Waals surface area contributed by atoms with Gasteiger partial charge in [-0.3, -0.25) is 29.3 Å². The van der Waals surface area contributed by atoms with E-state index in [9.17, 15) is 33.7 Å². The fourth-order valence-electron chi connectivity index (χ4n) is 3.61. The highest BCUT2D eigenvalue weighted by Gasteiger charge is 2.34. The monoisotopic (exact) mass is 502 g/mol. The second-order valence-corrected chi connectivity index (χ2v) is 7.94. The van der Waals surface area contributed by atoms with Crippen LogP contribution in [0.15, 0.2) is 48.5 Å². The van der Waals surface area contributed by atoms with Gasteiger partial charge in [-0.2, -0.15) is 0 Å². The van der Waals surface area contributed by atoms with Gasteiger partial charge in [0.05, 0.1) is 18.0 Å². The minimum absolute atomic E-state index is 0.0166. The van der Waals surface area contributed by atoms with Crippen LogP contribution >= 0.6 is 0 Å². The van der Waals surface area contributed by atoms with Gasteiger partial charge in [-0.25, -0.2) is 4.39 Å². The molecular formula is C24H27FN4O7. The molecule has 0 saturated heterocycles. The summed E-state index contributed by atoms with van der Waals surface area (Å²) < 4.78 is 18.2. The van der Waals surface area contributed by atoms with E-state index in [0.717, 1.165) is 0 Å². The van der Waals surface area contributed by atoms with Crippen LogP contribution in [0.5, 0.6) is 0 Å². The molecule has 2 rings (SSSR count). The van der Waals surface area contributed by atoms with E-state index in [1.165, 1.54) is 55.5 Å². The summed E-state index contributed by atoms with van der Waals surface area (Å²) in [4.78, 5) is 60.0. The lowest BCUT2D eigenvalue weighted by atomic mass is 9.87. The number of nitro groups is 1. The van der Waals surface area contributed by atoms with Gasteiger partial charge in [0, 0.05) is 31.4 Å². The fraction of sp³-hybridized carbons (Fsp3) is 0.333. The molecule has 0 bridgehead atoms. The number of benzene rings is 2. The second kappa shape index (κ2) is 12.9. The van der Waals surface area contributed by atoms with Crippen molar-refractivity contribution in [2.24, 2.45) is 5.73 Å². The minimum Gasteiger partial charge on any atom is -0.466 e. The third-order valence-corrected chi connectivity index (χ3v) is 5.28. The number of halogens is 1. The van der Waals surface area contributed by atoms with E-state index in [-0.39, 0.29) is 25.1 Å². The van der Waals surface area contributed by atoms with Gasteiger partial charge < -0.3 is 21.1 Å². The van der Waals surface area contributed by atoms with Gasteiger partial charge in [0.15, 0.2) is 0 Å². The van der Waals surface area contributed by atoms with Crippen LogP contribution in [0.3, 0.4) is 0 Å². The number of rotatable bonds is 12. The van der Waals surface area contributed by atoms with Crippen molar-refractivity contribution >= 4 is 29.4 Å². The Labute approximate surface area is 206 Å². The van der Waals surface area contributed by atoms with E-state index < -0.39 is 52.4 Å². The molecule has 0 aliphatic carbocycles. The first-order valence-corrected chi connectivity index (χ1v) is 11.0. The molecule has 0 aliphatic heterocycles. The van der Waals surface area contributed by atoms with E-state index in [1.54, 1.807) is 6.92 Å². The number of non-ortho nitro benzene ring substituents is 1. The molecule has 0 aliphatic rings. The summed E-state index contributed by atoms with van der Waals surface area (Å²) in [5, 5.41) is 16.0. The zero-order valence-corrected chi connectivity index (χ0v) is 19.7. The van der Waals surface area contributed by atoms with Crippen LogP contribution in [-0.2, 0) is 30.3 Å². The molecule has 11 nitrogen and oxygen atoms in total. The van der Waals surface area contributed by atoms with Crippen LogP contribution in [0.4, 0.5) is 10.1 Å². The van der Waals surface area contributed by atoms with E-state index >= 15 is 0 Å². The normalized spacial score (nSPS) is 13.1. The molecule has 4 N–H and O–H groups in total. The van der Waals surface area contributed by atoms with Crippen molar-refractivity contribution in [3.8, 4) is 0 Å². The van der Waals surface area contributed by atoms with Crippen LogP contribution in [0.1, 0.15) is 37.3 Å². The maximum absolute atomic E-state index is 13.3. The molecule has 0 fully saturated rings. The van der Waals surface area contributed by atoms with Crippen LogP contribution < -0.4 is 16.4 Å². The molecule has 3 amide bonds. The number of nitrogens with zero attached hydrogens (tertiary/aromatic N) is 1. The molecule has 0 heterocycles. The Morgan fingerprint density at radius 1 is 1.06 bits per heavy atom. The molecule has 2 aromatic carbocycles. The Hall–Kier alpha value is -4.35.